The van der Waals surface area contributed by atoms with Crippen LogP contribution >= 0.6 is 22.7 Å². The summed E-state index contributed by atoms with van der Waals surface area (Å²) in [7, 11) is 0. The Kier molecular flexibility index (Phi) is 3.66. The maximum Gasteiger partial charge on any atom is 0.0950 e. The highest BCUT2D eigenvalue weighted by Gasteiger charge is 2.13. The van der Waals surface area contributed by atoms with E-state index >= 15 is 0 Å². The number of aryl methyl sites for hydroxylation is 4. The van der Waals surface area contributed by atoms with Crippen molar-refractivity contribution in [3.05, 3.63) is 37.0 Å². The fraction of sp³-hybridized carbons (Fsp3) is 0.462. The summed E-state index contributed by atoms with van der Waals surface area (Å²) >= 11 is 3.57. The number of thiophene rings is 1. The first-order valence-electron chi connectivity index (χ1n) is 5.72. The van der Waals surface area contributed by atoms with Gasteiger partial charge in [0.2, 0.25) is 0 Å². The third kappa shape index (κ3) is 2.76. The molecule has 2 nitrogen and oxygen atoms in total. The number of hydrogen-bond donors (Lipinski definition) is 1. The molecule has 2 aromatic heterocycles. The van der Waals surface area contributed by atoms with Crippen LogP contribution in [0.25, 0.3) is 0 Å². The third-order valence-electron chi connectivity index (χ3n) is 3.02. The molecule has 0 aliphatic rings. The molecule has 0 fully saturated rings. The van der Waals surface area contributed by atoms with Crippen LogP contribution in [-0.4, -0.2) is 4.98 Å². The lowest BCUT2D eigenvalue weighted by molar-refractivity contribution is 0.730. The highest BCUT2D eigenvalue weighted by Crippen LogP contribution is 2.28. The van der Waals surface area contributed by atoms with Crippen molar-refractivity contribution in [2.24, 2.45) is 5.73 Å². The van der Waals surface area contributed by atoms with Gasteiger partial charge in [-0.2, -0.15) is 0 Å². The van der Waals surface area contributed by atoms with Crippen molar-refractivity contribution >= 4 is 22.7 Å². The van der Waals surface area contributed by atoms with E-state index in [1.54, 1.807) is 22.7 Å². The van der Waals surface area contributed by atoms with E-state index in [1.807, 2.05) is 0 Å². The van der Waals surface area contributed by atoms with E-state index < -0.39 is 0 Å². The van der Waals surface area contributed by atoms with Gasteiger partial charge in [-0.1, -0.05) is 0 Å². The van der Waals surface area contributed by atoms with Crippen molar-refractivity contribution in [2.75, 3.05) is 0 Å². The normalized spacial score (nSPS) is 13.0. The van der Waals surface area contributed by atoms with Crippen molar-refractivity contribution in [3.63, 3.8) is 0 Å². The van der Waals surface area contributed by atoms with Crippen molar-refractivity contribution in [1.82, 2.24) is 4.98 Å². The lowest BCUT2D eigenvalue weighted by Crippen LogP contribution is -2.11. The molecule has 2 rings (SSSR count). The summed E-state index contributed by atoms with van der Waals surface area (Å²) in [5, 5.41) is 1.15. The summed E-state index contributed by atoms with van der Waals surface area (Å²) in [6.45, 7) is 8.45. The number of nitrogens with two attached hydrogens (primary N) is 1. The standard InChI is InChI=1S/C13H18N2S2/c1-7-5-12(16-9(7)3)11(14)6-13-15-8(2)10(4)17-13/h5,11H,6,14H2,1-4H3. The first kappa shape index (κ1) is 12.7. The van der Waals surface area contributed by atoms with Gasteiger partial charge in [-0.3, -0.25) is 0 Å². The fourth-order valence-corrected chi connectivity index (χ4v) is 3.74. The number of hydrogen-bond acceptors (Lipinski definition) is 4. The van der Waals surface area contributed by atoms with Gasteiger partial charge in [-0.15, -0.1) is 22.7 Å². The summed E-state index contributed by atoms with van der Waals surface area (Å²) in [6, 6.07) is 2.29. The average molecular weight is 266 g/mol. The lowest BCUT2D eigenvalue weighted by atomic mass is 10.1. The summed E-state index contributed by atoms with van der Waals surface area (Å²) in [5.41, 5.74) is 8.72. The topological polar surface area (TPSA) is 38.9 Å². The van der Waals surface area contributed by atoms with E-state index in [2.05, 4.69) is 38.7 Å². The predicted octanol–water partition coefficient (Wildman–Crippen LogP) is 3.68. The van der Waals surface area contributed by atoms with Gasteiger partial charge in [0, 0.05) is 27.1 Å². The van der Waals surface area contributed by atoms with Crippen LogP contribution in [0, 0.1) is 27.7 Å². The summed E-state index contributed by atoms with van der Waals surface area (Å²) < 4.78 is 0. The van der Waals surface area contributed by atoms with Crippen molar-refractivity contribution in [1.29, 1.82) is 0 Å². The molecule has 0 bridgehead atoms. The molecule has 2 heterocycles. The number of nitrogens with zero attached hydrogens (tertiary/aromatic N) is 1. The van der Waals surface area contributed by atoms with Gasteiger partial charge in [0.25, 0.3) is 0 Å². The molecule has 2 aromatic rings. The van der Waals surface area contributed by atoms with E-state index in [1.165, 1.54) is 20.2 Å². The van der Waals surface area contributed by atoms with Crippen LogP contribution in [0.4, 0.5) is 0 Å². The highest BCUT2D eigenvalue weighted by molar-refractivity contribution is 7.12. The molecular weight excluding hydrogens is 248 g/mol. The zero-order chi connectivity index (χ0) is 12.6. The van der Waals surface area contributed by atoms with Crippen LogP contribution in [0.3, 0.4) is 0 Å². The molecule has 0 aliphatic heterocycles. The largest absolute Gasteiger partial charge is 0.323 e. The van der Waals surface area contributed by atoms with Gasteiger partial charge < -0.3 is 5.73 Å². The van der Waals surface area contributed by atoms with E-state index in [0.717, 1.165) is 17.1 Å². The maximum absolute atomic E-state index is 6.25. The van der Waals surface area contributed by atoms with Gasteiger partial charge in [0.15, 0.2) is 0 Å². The third-order valence-corrected chi connectivity index (χ3v) is 5.40. The van der Waals surface area contributed by atoms with Gasteiger partial charge in [-0.05, 0) is 39.3 Å². The molecule has 0 saturated carbocycles. The van der Waals surface area contributed by atoms with E-state index in [4.69, 9.17) is 5.73 Å². The Morgan fingerprint density at radius 2 is 1.88 bits per heavy atom. The highest BCUT2D eigenvalue weighted by atomic mass is 32.1. The second kappa shape index (κ2) is 4.88. The summed E-state index contributed by atoms with van der Waals surface area (Å²) in [5.74, 6) is 0. The molecule has 2 N–H and O–H groups in total. The van der Waals surface area contributed by atoms with Crippen LogP contribution in [0.15, 0.2) is 6.07 Å². The van der Waals surface area contributed by atoms with Gasteiger partial charge >= 0.3 is 0 Å². The second-order valence-electron chi connectivity index (χ2n) is 4.45. The zero-order valence-corrected chi connectivity index (χ0v) is 12.3. The molecule has 0 amide bonds. The van der Waals surface area contributed by atoms with Crippen LogP contribution < -0.4 is 5.73 Å². The Morgan fingerprint density at radius 3 is 2.35 bits per heavy atom. The molecule has 4 heteroatoms. The van der Waals surface area contributed by atoms with Crippen molar-refractivity contribution in [3.8, 4) is 0 Å². The van der Waals surface area contributed by atoms with Crippen LogP contribution in [0.1, 0.15) is 36.9 Å². The van der Waals surface area contributed by atoms with Gasteiger partial charge in [0.1, 0.15) is 0 Å². The molecule has 1 unspecified atom stereocenters. The fourth-order valence-electron chi connectivity index (χ4n) is 1.70. The minimum atomic E-state index is 0.0809. The smallest absolute Gasteiger partial charge is 0.0950 e. The molecule has 0 aromatic carbocycles. The lowest BCUT2D eigenvalue weighted by Gasteiger charge is -2.06. The van der Waals surface area contributed by atoms with Crippen LogP contribution in [-0.2, 0) is 6.42 Å². The number of aromatic nitrogens is 1. The van der Waals surface area contributed by atoms with Crippen LogP contribution in [0.2, 0.25) is 0 Å². The number of rotatable bonds is 3. The maximum atomic E-state index is 6.25. The number of thiazole rings is 1. The Morgan fingerprint density at radius 1 is 1.18 bits per heavy atom. The van der Waals surface area contributed by atoms with Gasteiger partial charge in [-0.25, -0.2) is 4.98 Å². The first-order chi connectivity index (χ1) is 7.97. The Balaban J connectivity index is 2.13. The van der Waals surface area contributed by atoms with E-state index in [-0.39, 0.29) is 6.04 Å². The Hall–Kier alpha value is -0.710. The van der Waals surface area contributed by atoms with E-state index in [9.17, 15) is 0 Å². The summed E-state index contributed by atoms with van der Waals surface area (Å²) in [6.07, 6.45) is 0.846. The Bertz CT molecular complexity index is 487. The molecule has 92 valence electrons. The molecule has 17 heavy (non-hydrogen) atoms. The van der Waals surface area contributed by atoms with Gasteiger partial charge in [0.05, 0.1) is 10.7 Å². The molecular formula is C13H18N2S2. The minimum Gasteiger partial charge on any atom is -0.323 e. The average Bonchev–Trinajstić information content (AvgIpc) is 2.73. The zero-order valence-electron chi connectivity index (χ0n) is 10.7. The Labute approximate surface area is 111 Å². The SMILES string of the molecule is Cc1cc(C(N)Cc2nc(C)c(C)s2)sc1C. The first-order valence-corrected chi connectivity index (χ1v) is 7.36. The second-order valence-corrected chi connectivity index (χ2v) is 7.02. The summed E-state index contributed by atoms with van der Waals surface area (Å²) in [4.78, 5) is 8.48. The van der Waals surface area contributed by atoms with Crippen molar-refractivity contribution in [2.45, 2.75) is 40.2 Å². The molecule has 0 saturated heterocycles. The molecule has 1 atom stereocenters. The predicted molar refractivity (Wildman–Crippen MR) is 76.0 cm³/mol. The quantitative estimate of drug-likeness (QED) is 0.920. The van der Waals surface area contributed by atoms with Crippen molar-refractivity contribution < 1.29 is 0 Å². The van der Waals surface area contributed by atoms with Crippen LogP contribution in [0.5, 0.6) is 0 Å². The molecule has 0 spiro atoms. The molecule has 0 aliphatic carbocycles. The van der Waals surface area contributed by atoms with E-state index in [0.29, 0.717) is 0 Å². The monoisotopic (exact) mass is 266 g/mol. The minimum absolute atomic E-state index is 0.0809. The molecule has 0 radical (unpaired) electrons.